The lowest BCUT2D eigenvalue weighted by Crippen LogP contribution is -2.40. The summed E-state index contributed by atoms with van der Waals surface area (Å²) in [6.45, 7) is 0. The third-order valence-corrected chi connectivity index (χ3v) is 5.72. The molecule has 118 valence electrons. The minimum atomic E-state index is -0.140. The summed E-state index contributed by atoms with van der Waals surface area (Å²) in [5, 5.41) is 3.88. The average molecular weight is 361 g/mol. The summed E-state index contributed by atoms with van der Waals surface area (Å²) in [7, 11) is 0. The summed E-state index contributed by atoms with van der Waals surface area (Å²) < 4.78 is 0. The lowest BCUT2D eigenvalue weighted by atomic mass is 9.67. The number of benzene rings is 1. The Morgan fingerprint density at radius 3 is 2.23 bits per heavy atom. The maximum Gasteiger partial charge on any atom is 0.227 e. The first-order valence-corrected chi connectivity index (χ1v) is 8.58. The predicted molar refractivity (Wildman–Crippen MR) is 88.7 cm³/mol. The maximum atomic E-state index is 12.5. The zero-order valence-electron chi connectivity index (χ0n) is 11.9. The monoisotopic (exact) mass is 359 g/mol. The summed E-state index contributed by atoms with van der Waals surface area (Å²) in [6.07, 6.45) is 4.19. The van der Waals surface area contributed by atoms with Crippen LogP contribution in [0.5, 0.6) is 0 Å². The molecule has 1 N–H and O–H groups in total. The number of anilines is 1. The minimum Gasteiger partial charge on any atom is -0.324 e. The number of Topliss-reactive ketones (excluding diaryl/α,β-unsaturated/α-hetero) is 1. The van der Waals surface area contributed by atoms with Crippen molar-refractivity contribution >= 4 is 52.2 Å². The Kier molecular flexibility index (Phi) is 4.67. The third kappa shape index (κ3) is 3.12. The average Bonchev–Trinajstić information content (AvgIpc) is 2.44. The molecule has 0 aromatic heterocycles. The van der Waals surface area contributed by atoms with Crippen LogP contribution < -0.4 is 5.32 Å². The van der Waals surface area contributed by atoms with E-state index in [-0.39, 0.29) is 23.7 Å². The molecule has 2 saturated carbocycles. The molecule has 3 rings (SSSR count). The SMILES string of the molecule is O=C(Nc1cc(Cl)c(Cl)cc1Cl)C1C[C@H]2CCC[C@@H](C1)C2=O. The van der Waals surface area contributed by atoms with Crippen LogP contribution in [0.1, 0.15) is 32.1 Å². The van der Waals surface area contributed by atoms with Gasteiger partial charge in [0.05, 0.1) is 20.8 Å². The molecule has 3 nitrogen and oxygen atoms in total. The molecule has 1 aromatic rings. The molecule has 6 heteroatoms. The van der Waals surface area contributed by atoms with E-state index in [0.717, 1.165) is 19.3 Å². The van der Waals surface area contributed by atoms with Gasteiger partial charge in [-0.3, -0.25) is 9.59 Å². The van der Waals surface area contributed by atoms with Crippen LogP contribution >= 0.6 is 34.8 Å². The fourth-order valence-electron chi connectivity index (χ4n) is 3.55. The molecular formula is C16H16Cl3NO2. The largest absolute Gasteiger partial charge is 0.324 e. The first-order valence-electron chi connectivity index (χ1n) is 7.45. The van der Waals surface area contributed by atoms with Gasteiger partial charge in [0.2, 0.25) is 5.91 Å². The molecule has 1 aromatic carbocycles. The highest BCUT2D eigenvalue weighted by Gasteiger charge is 2.41. The van der Waals surface area contributed by atoms with E-state index in [1.54, 1.807) is 6.07 Å². The van der Waals surface area contributed by atoms with Crippen molar-refractivity contribution in [2.45, 2.75) is 32.1 Å². The molecule has 2 aliphatic rings. The number of fused-ring (bicyclic) bond motifs is 2. The van der Waals surface area contributed by atoms with Crippen molar-refractivity contribution in [3.63, 3.8) is 0 Å². The van der Waals surface area contributed by atoms with E-state index in [9.17, 15) is 9.59 Å². The Bertz CT molecular complexity index is 616. The Morgan fingerprint density at radius 2 is 1.59 bits per heavy atom. The zero-order chi connectivity index (χ0) is 15.9. The standard InChI is InChI=1S/C16H16Cl3NO2/c17-11-6-13(19)14(7-12(11)18)20-16(22)10-4-8-2-1-3-9(5-10)15(8)21/h6-10H,1-5H2,(H,20,22)/t8-,9+,10?. The molecule has 0 aliphatic heterocycles. The molecule has 1 unspecified atom stereocenters. The lowest BCUT2D eigenvalue weighted by molar-refractivity contribution is -0.136. The van der Waals surface area contributed by atoms with Crippen molar-refractivity contribution in [1.29, 1.82) is 0 Å². The number of amides is 1. The number of rotatable bonds is 2. The fraction of sp³-hybridized carbons (Fsp3) is 0.500. The number of carbonyl (C=O) groups is 2. The van der Waals surface area contributed by atoms with E-state index in [2.05, 4.69) is 5.32 Å². The molecule has 2 fully saturated rings. The van der Waals surface area contributed by atoms with Gasteiger partial charge in [-0.25, -0.2) is 0 Å². The van der Waals surface area contributed by atoms with E-state index in [1.807, 2.05) is 0 Å². The van der Waals surface area contributed by atoms with Gasteiger partial charge in [0.15, 0.2) is 0 Å². The molecule has 0 heterocycles. The van der Waals surface area contributed by atoms with Crippen LogP contribution in [0.25, 0.3) is 0 Å². The van der Waals surface area contributed by atoms with Crippen LogP contribution in [-0.2, 0) is 9.59 Å². The van der Waals surface area contributed by atoms with E-state index in [4.69, 9.17) is 34.8 Å². The molecule has 0 radical (unpaired) electrons. The van der Waals surface area contributed by atoms with Gasteiger partial charge in [0, 0.05) is 17.8 Å². The van der Waals surface area contributed by atoms with E-state index in [0.29, 0.717) is 39.4 Å². The zero-order valence-corrected chi connectivity index (χ0v) is 14.1. The smallest absolute Gasteiger partial charge is 0.227 e. The van der Waals surface area contributed by atoms with Crippen LogP contribution in [0.2, 0.25) is 15.1 Å². The summed E-state index contributed by atoms with van der Waals surface area (Å²) in [5.41, 5.74) is 0.461. The van der Waals surface area contributed by atoms with E-state index < -0.39 is 0 Å². The quantitative estimate of drug-likeness (QED) is 0.756. The van der Waals surface area contributed by atoms with Crippen molar-refractivity contribution in [3.8, 4) is 0 Å². The minimum absolute atomic E-state index is 0.0486. The van der Waals surface area contributed by atoms with Crippen LogP contribution in [0.15, 0.2) is 12.1 Å². The van der Waals surface area contributed by atoms with Crippen LogP contribution in [0.3, 0.4) is 0 Å². The summed E-state index contributed by atoms with van der Waals surface area (Å²) in [4.78, 5) is 24.6. The van der Waals surface area contributed by atoms with Crippen molar-refractivity contribution in [2.24, 2.45) is 17.8 Å². The van der Waals surface area contributed by atoms with Crippen molar-refractivity contribution < 1.29 is 9.59 Å². The van der Waals surface area contributed by atoms with Gasteiger partial charge in [0.25, 0.3) is 0 Å². The topological polar surface area (TPSA) is 46.2 Å². The number of hydrogen-bond acceptors (Lipinski definition) is 2. The van der Waals surface area contributed by atoms with Crippen molar-refractivity contribution in [2.75, 3.05) is 5.32 Å². The first-order chi connectivity index (χ1) is 10.5. The molecule has 22 heavy (non-hydrogen) atoms. The van der Waals surface area contributed by atoms with Gasteiger partial charge in [-0.2, -0.15) is 0 Å². The van der Waals surface area contributed by atoms with E-state index in [1.165, 1.54) is 6.07 Å². The molecular weight excluding hydrogens is 345 g/mol. The highest BCUT2D eigenvalue weighted by atomic mass is 35.5. The van der Waals surface area contributed by atoms with Gasteiger partial charge < -0.3 is 5.32 Å². The van der Waals surface area contributed by atoms with E-state index >= 15 is 0 Å². The van der Waals surface area contributed by atoms with Gasteiger partial charge in [-0.1, -0.05) is 41.2 Å². The normalized spacial score (nSPS) is 27.6. The highest BCUT2D eigenvalue weighted by molar-refractivity contribution is 6.44. The number of halogens is 3. The number of hydrogen-bond donors (Lipinski definition) is 1. The van der Waals surface area contributed by atoms with Crippen molar-refractivity contribution in [3.05, 3.63) is 27.2 Å². The van der Waals surface area contributed by atoms with Gasteiger partial charge >= 0.3 is 0 Å². The Hall–Kier alpha value is -0.770. The van der Waals surface area contributed by atoms with Gasteiger partial charge in [0.1, 0.15) is 5.78 Å². The third-order valence-electron chi connectivity index (χ3n) is 4.69. The Labute approximate surface area is 144 Å². The van der Waals surface area contributed by atoms with Crippen LogP contribution in [0, 0.1) is 17.8 Å². The number of ketones is 1. The second-order valence-corrected chi connectivity index (χ2v) is 7.35. The molecule has 1 amide bonds. The van der Waals surface area contributed by atoms with Gasteiger partial charge in [-0.05, 0) is 37.8 Å². The Balaban J connectivity index is 1.73. The molecule has 2 bridgehead atoms. The first kappa shape index (κ1) is 16.1. The lowest BCUT2D eigenvalue weighted by Gasteiger charge is -2.37. The van der Waals surface area contributed by atoms with Crippen LogP contribution in [-0.4, -0.2) is 11.7 Å². The summed E-state index contributed by atoms with van der Waals surface area (Å²) in [6, 6.07) is 3.07. The number of nitrogens with one attached hydrogen (secondary N) is 1. The summed E-state index contributed by atoms with van der Waals surface area (Å²) >= 11 is 17.9. The van der Waals surface area contributed by atoms with Crippen LogP contribution in [0.4, 0.5) is 5.69 Å². The Morgan fingerprint density at radius 1 is 1.00 bits per heavy atom. The van der Waals surface area contributed by atoms with Crippen molar-refractivity contribution in [1.82, 2.24) is 0 Å². The maximum absolute atomic E-state index is 12.5. The molecule has 2 aliphatic carbocycles. The fourth-order valence-corrected chi connectivity index (χ4v) is 4.14. The molecule has 3 atom stereocenters. The van der Waals surface area contributed by atoms with Gasteiger partial charge in [-0.15, -0.1) is 0 Å². The number of carbonyl (C=O) groups excluding carboxylic acids is 2. The predicted octanol–water partition coefficient (Wildman–Crippen LogP) is 4.98. The second-order valence-electron chi connectivity index (χ2n) is 6.13. The second kappa shape index (κ2) is 6.38. The molecule has 0 spiro atoms. The summed E-state index contributed by atoms with van der Waals surface area (Å²) in [5.74, 6) is 0.214. The molecule has 0 saturated heterocycles. The highest BCUT2D eigenvalue weighted by Crippen LogP contribution is 2.41.